The molecule has 5 heteroatoms. The average Bonchev–Trinajstić information content (AvgIpc) is 2.46. The van der Waals surface area contributed by atoms with Gasteiger partial charge < -0.3 is 5.11 Å². The molecule has 0 spiro atoms. The van der Waals surface area contributed by atoms with Gasteiger partial charge >= 0.3 is 6.09 Å². The third kappa shape index (κ3) is 1.31. The van der Waals surface area contributed by atoms with Crippen molar-refractivity contribution < 1.29 is 9.90 Å². The molecule has 1 aromatic carbocycles. The number of nitrogens with zero attached hydrogens (tertiary/aromatic N) is 2. The third-order valence-corrected chi connectivity index (χ3v) is 2.21. The molecule has 0 atom stereocenters. The molecule has 2 rings (SSSR count). The highest BCUT2D eigenvalue weighted by atomic mass is 79.9. The molecule has 0 saturated carbocycles. The van der Waals surface area contributed by atoms with Gasteiger partial charge in [0.1, 0.15) is 0 Å². The van der Waals surface area contributed by atoms with E-state index in [2.05, 4.69) is 21.0 Å². The first-order valence-electron chi connectivity index (χ1n) is 3.55. The smallest absolute Gasteiger partial charge is 0.432 e. The molecular weight excluding hydrogens is 236 g/mol. The van der Waals surface area contributed by atoms with E-state index in [1.807, 2.05) is 12.1 Å². The monoisotopic (exact) mass is 240 g/mol. The number of fused-ring (bicyclic) bond motifs is 1. The van der Waals surface area contributed by atoms with Gasteiger partial charge in [-0.25, -0.2) is 4.79 Å². The first-order valence-corrected chi connectivity index (χ1v) is 4.34. The fourth-order valence-corrected chi connectivity index (χ4v) is 1.49. The second-order valence-corrected chi connectivity index (χ2v) is 3.46. The van der Waals surface area contributed by atoms with Crippen molar-refractivity contribution in [3.05, 3.63) is 28.9 Å². The van der Waals surface area contributed by atoms with Gasteiger partial charge in [0.2, 0.25) is 0 Å². The number of benzene rings is 1. The summed E-state index contributed by atoms with van der Waals surface area (Å²) in [5, 5.41) is 13.3. The first-order chi connectivity index (χ1) is 6.18. The van der Waals surface area contributed by atoms with Gasteiger partial charge in [0.05, 0.1) is 11.7 Å². The lowest BCUT2D eigenvalue weighted by molar-refractivity contribution is 0.194. The molecule has 0 aliphatic heterocycles. The van der Waals surface area contributed by atoms with Gasteiger partial charge in [0, 0.05) is 9.86 Å². The minimum absolute atomic E-state index is 0.585. The van der Waals surface area contributed by atoms with Crippen molar-refractivity contribution in [2.75, 3.05) is 0 Å². The Hall–Kier alpha value is -1.36. The quantitative estimate of drug-likeness (QED) is 0.769. The topological polar surface area (TPSA) is 55.1 Å². The Morgan fingerprint density at radius 3 is 3.00 bits per heavy atom. The number of halogens is 1. The minimum Gasteiger partial charge on any atom is -0.463 e. The number of carbonyl (C=O) groups is 1. The van der Waals surface area contributed by atoms with E-state index in [1.54, 1.807) is 6.07 Å². The van der Waals surface area contributed by atoms with E-state index in [4.69, 9.17) is 5.11 Å². The van der Waals surface area contributed by atoms with Crippen molar-refractivity contribution in [1.29, 1.82) is 0 Å². The number of hydrogen-bond acceptors (Lipinski definition) is 2. The molecule has 0 bridgehead atoms. The Morgan fingerprint density at radius 1 is 1.54 bits per heavy atom. The highest BCUT2D eigenvalue weighted by molar-refractivity contribution is 9.10. The second kappa shape index (κ2) is 2.85. The van der Waals surface area contributed by atoms with Crippen LogP contribution in [0, 0.1) is 0 Å². The van der Waals surface area contributed by atoms with Crippen molar-refractivity contribution in [3.63, 3.8) is 0 Å². The Morgan fingerprint density at radius 2 is 2.31 bits per heavy atom. The van der Waals surface area contributed by atoms with Crippen LogP contribution in [0.4, 0.5) is 4.79 Å². The van der Waals surface area contributed by atoms with Crippen LogP contribution in [0.25, 0.3) is 10.9 Å². The summed E-state index contributed by atoms with van der Waals surface area (Å²) in [6, 6.07) is 5.37. The van der Waals surface area contributed by atoms with Crippen LogP contribution in [0.1, 0.15) is 0 Å². The summed E-state index contributed by atoms with van der Waals surface area (Å²) < 4.78 is 1.78. The molecule has 0 unspecified atom stereocenters. The van der Waals surface area contributed by atoms with E-state index in [9.17, 15) is 4.79 Å². The maximum absolute atomic E-state index is 10.7. The van der Waals surface area contributed by atoms with Crippen molar-refractivity contribution in [1.82, 2.24) is 9.78 Å². The molecule has 0 fully saturated rings. The SMILES string of the molecule is O=C(O)n1ncc2ccc(Br)cc21. The number of hydrogen-bond donors (Lipinski definition) is 1. The van der Waals surface area contributed by atoms with Gasteiger partial charge in [-0.1, -0.05) is 22.0 Å². The van der Waals surface area contributed by atoms with Gasteiger partial charge in [0.25, 0.3) is 0 Å². The number of carboxylic acid groups (broad SMARTS) is 1. The highest BCUT2D eigenvalue weighted by Gasteiger charge is 2.07. The molecule has 1 heterocycles. The fourth-order valence-electron chi connectivity index (χ4n) is 1.14. The lowest BCUT2D eigenvalue weighted by atomic mass is 10.3. The summed E-state index contributed by atoms with van der Waals surface area (Å²) in [4.78, 5) is 10.7. The summed E-state index contributed by atoms with van der Waals surface area (Å²) in [5.41, 5.74) is 0.585. The number of aromatic nitrogens is 2. The molecule has 0 radical (unpaired) electrons. The molecule has 66 valence electrons. The first kappa shape index (κ1) is 8.25. The zero-order valence-corrected chi connectivity index (χ0v) is 8.02. The summed E-state index contributed by atoms with van der Waals surface area (Å²) in [5.74, 6) is 0. The summed E-state index contributed by atoms with van der Waals surface area (Å²) in [6.45, 7) is 0. The van der Waals surface area contributed by atoms with Gasteiger partial charge in [-0.15, -0.1) is 0 Å². The van der Waals surface area contributed by atoms with Crippen LogP contribution in [0.3, 0.4) is 0 Å². The fraction of sp³-hybridized carbons (Fsp3) is 0. The lowest BCUT2D eigenvalue weighted by Crippen LogP contribution is -2.08. The summed E-state index contributed by atoms with van der Waals surface area (Å²) >= 11 is 3.27. The molecule has 1 N–H and O–H groups in total. The zero-order chi connectivity index (χ0) is 9.42. The third-order valence-electron chi connectivity index (χ3n) is 1.71. The Bertz CT molecular complexity index is 478. The number of rotatable bonds is 0. The van der Waals surface area contributed by atoms with E-state index in [1.165, 1.54) is 6.20 Å². The standard InChI is InChI=1S/C8H5BrN2O2/c9-6-2-1-5-4-10-11(8(12)13)7(5)3-6/h1-4H,(H,12,13). The molecule has 4 nitrogen and oxygen atoms in total. The molecule has 0 aliphatic carbocycles. The van der Waals surface area contributed by atoms with Crippen LogP contribution in [-0.2, 0) is 0 Å². The van der Waals surface area contributed by atoms with E-state index >= 15 is 0 Å². The van der Waals surface area contributed by atoms with E-state index in [0.29, 0.717) is 5.52 Å². The van der Waals surface area contributed by atoms with E-state index < -0.39 is 6.09 Å². The Labute approximate surface area is 81.9 Å². The summed E-state index contributed by atoms with van der Waals surface area (Å²) in [7, 11) is 0. The predicted molar refractivity (Wildman–Crippen MR) is 50.9 cm³/mol. The van der Waals surface area contributed by atoms with Gasteiger partial charge in [-0.3, -0.25) is 0 Å². The normalized spacial score (nSPS) is 10.5. The molecule has 0 saturated heterocycles. The molecule has 1 aromatic heterocycles. The van der Waals surface area contributed by atoms with Gasteiger partial charge in [0.15, 0.2) is 0 Å². The van der Waals surface area contributed by atoms with Crippen LogP contribution in [0.5, 0.6) is 0 Å². The maximum Gasteiger partial charge on any atom is 0.432 e. The van der Waals surface area contributed by atoms with Crippen molar-refractivity contribution in [3.8, 4) is 0 Å². The van der Waals surface area contributed by atoms with Gasteiger partial charge in [-0.05, 0) is 12.1 Å². The van der Waals surface area contributed by atoms with Crippen molar-refractivity contribution >= 4 is 32.9 Å². The maximum atomic E-state index is 10.7. The van der Waals surface area contributed by atoms with Crippen LogP contribution in [-0.4, -0.2) is 21.0 Å². The Kier molecular flexibility index (Phi) is 1.81. The molecule has 13 heavy (non-hydrogen) atoms. The lowest BCUT2D eigenvalue weighted by Gasteiger charge is -1.95. The molecule has 0 aliphatic rings. The van der Waals surface area contributed by atoms with Crippen LogP contribution in [0.2, 0.25) is 0 Å². The largest absolute Gasteiger partial charge is 0.463 e. The van der Waals surface area contributed by atoms with Gasteiger partial charge in [-0.2, -0.15) is 9.78 Å². The second-order valence-electron chi connectivity index (χ2n) is 2.54. The molecule has 2 aromatic rings. The van der Waals surface area contributed by atoms with Crippen LogP contribution < -0.4 is 0 Å². The molecule has 0 amide bonds. The summed E-state index contributed by atoms with van der Waals surface area (Å²) in [6.07, 6.45) is 0.448. The van der Waals surface area contributed by atoms with Crippen LogP contribution >= 0.6 is 15.9 Å². The van der Waals surface area contributed by atoms with E-state index in [-0.39, 0.29) is 0 Å². The minimum atomic E-state index is -1.08. The van der Waals surface area contributed by atoms with Crippen molar-refractivity contribution in [2.45, 2.75) is 0 Å². The van der Waals surface area contributed by atoms with E-state index in [0.717, 1.165) is 14.5 Å². The zero-order valence-electron chi connectivity index (χ0n) is 6.44. The average molecular weight is 241 g/mol. The highest BCUT2D eigenvalue weighted by Crippen LogP contribution is 2.18. The molecular formula is C8H5BrN2O2. The Balaban J connectivity index is 2.79. The van der Waals surface area contributed by atoms with Crippen molar-refractivity contribution in [2.24, 2.45) is 0 Å². The van der Waals surface area contributed by atoms with Crippen LogP contribution in [0.15, 0.2) is 28.9 Å². The predicted octanol–water partition coefficient (Wildman–Crippen LogP) is 2.32.